The molecular formula is C22H22N4O4. The summed E-state index contributed by atoms with van der Waals surface area (Å²) < 4.78 is 10.8. The van der Waals surface area contributed by atoms with Crippen LogP contribution in [0, 0.1) is 0 Å². The van der Waals surface area contributed by atoms with E-state index in [0.717, 1.165) is 11.1 Å². The molecule has 1 aromatic heterocycles. The molecule has 2 amide bonds. The fourth-order valence-corrected chi connectivity index (χ4v) is 2.67. The summed E-state index contributed by atoms with van der Waals surface area (Å²) in [4.78, 5) is 24.2. The van der Waals surface area contributed by atoms with Gasteiger partial charge >= 0.3 is 0 Å². The molecule has 8 nitrogen and oxygen atoms in total. The quantitative estimate of drug-likeness (QED) is 0.523. The third-order valence-electron chi connectivity index (χ3n) is 4.11. The number of H-pyrrole nitrogens is 1. The standard InChI is InChI=1S/C22H22N4O4/c1-3-7-15-10-11-19(20(12-15)29-2)30-14-21(27)25-26-22(28)18-13-17(23-24-18)16-8-5-4-6-9-16/h3-13H,14H2,1-2H3,(H,23,24)(H,25,27)(H,26,28)/b7-3+. The zero-order valence-corrected chi connectivity index (χ0v) is 16.6. The van der Waals surface area contributed by atoms with Crippen molar-refractivity contribution in [3.8, 4) is 22.8 Å². The van der Waals surface area contributed by atoms with Gasteiger partial charge in [0.15, 0.2) is 18.1 Å². The van der Waals surface area contributed by atoms with Gasteiger partial charge in [0.05, 0.1) is 12.8 Å². The Bertz CT molecular complexity index is 1040. The van der Waals surface area contributed by atoms with Crippen molar-refractivity contribution in [3.05, 3.63) is 71.9 Å². The van der Waals surface area contributed by atoms with E-state index in [0.29, 0.717) is 17.2 Å². The highest BCUT2D eigenvalue weighted by Gasteiger charge is 2.13. The molecule has 0 saturated carbocycles. The second-order valence-electron chi connectivity index (χ2n) is 6.23. The molecule has 0 aliphatic heterocycles. The number of aromatic nitrogens is 2. The lowest BCUT2D eigenvalue weighted by atomic mass is 10.1. The predicted molar refractivity (Wildman–Crippen MR) is 113 cm³/mol. The number of aromatic amines is 1. The van der Waals surface area contributed by atoms with Crippen LogP contribution in [0.25, 0.3) is 17.3 Å². The van der Waals surface area contributed by atoms with Gasteiger partial charge in [0.25, 0.3) is 11.8 Å². The Morgan fingerprint density at radius 1 is 1.07 bits per heavy atom. The molecule has 0 aliphatic rings. The molecule has 0 unspecified atom stereocenters. The third-order valence-corrected chi connectivity index (χ3v) is 4.11. The smallest absolute Gasteiger partial charge is 0.287 e. The van der Waals surface area contributed by atoms with E-state index in [4.69, 9.17) is 9.47 Å². The first-order valence-corrected chi connectivity index (χ1v) is 9.24. The summed E-state index contributed by atoms with van der Waals surface area (Å²) in [7, 11) is 1.52. The van der Waals surface area contributed by atoms with E-state index in [1.54, 1.807) is 18.2 Å². The molecule has 154 valence electrons. The number of carbonyl (C=O) groups excluding carboxylic acids is 2. The molecule has 3 N–H and O–H groups in total. The van der Waals surface area contributed by atoms with Crippen molar-refractivity contribution < 1.29 is 19.1 Å². The summed E-state index contributed by atoms with van der Waals surface area (Å²) in [5, 5.41) is 6.76. The molecule has 1 heterocycles. The molecular weight excluding hydrogens is 384 g/mol. The zero-order chi connectivity index (χ0) is 21.3. The van der Waals surface area contributed by atoms with Crippen molar-refractivity contribution in [3.63, 3.8) is 0 Å². The van der Waals surface area contributed by atoms with Crippen LogP contribution in [0.15, 0.2) is 60.7 Å². The zero-order valence-electron chi connectivity index (χ0n) is 16.6. The second-order valence-corrected chi connectivity index (χ2v) is 6.23. The van der Waals surface area contributed by atoms with Gasteiger partial charge in [-0.3, -0.25) is 25.5 Å². The maximum Gasteiger partial charge on any atom is 0.287 e. The van der Waals surface area contributed by atoms with E-state index in [2.05, 4.69) is 21.0 Å². The molecule has 0 spiro atoms. The SMILES string of the molecule is C/C=C/c1ccc(OCC(=O)NNC(=O)c2cc(-c3ccccc3)n[nH]2)c(OC)c1. The van der Waals surface area contributed by atoms with Gasteiger partial charge in [0, 0.05) is 5.56 Å². The summed E-state index contributed by atoms with van der Waals surface area (Å²) in [6.45, 7) is 1.62. The van der Waals surface area contributed by atoms with Gasteiger partial charge in [0.1, 0.15) is 5.69 Å². The number of carbonyl (C=O) groups is 2. The minimum Gasteiger partial charge on any atom is -0.493 e. The van der Waals surface area contributed by atoms with E-state index >= 15 is 0 Å². The van der Waals surface area contributed by atoms with Crippen molar-refractivity contribution in [2.45, 2.75) is 6.92 Å². The lowest BCUT2D eigenvalue weighted by Crippen LogP contribution is -2.44. The lowest BCUT2D eigenvalue weighted by molar-refractivity contribution is -0.123. The number of rotatable bonds is 7. The van der Waals surface area contributed by atoms with E-state index in [1.165, 1.54) is 7.11 Å². The van der Waals surface area contributed by atoms with Gasteiger partial charge in [-0.1, -0.05) is 48.6 Å². The molecule has 2 aromatic carbocycles. The first kappa shape index (κ1) is 20.7. The van der Waals surface area contributed by atoms with Gasteiger partial charge in [0.2, 0.25) is 0 Å². The molecule has 8 heteroatoms. The first-order valence-electron chi connectivity index (χ1n) is 9.24. The molecule has 0 fully saturated rings. The van der Waals surface area contributed by atoms with Gasteiger partial charge in [-0.15, -0.1) is 0 Å². The highest BCUT2D eigenvalue weighted by Crippen LogP contribution is 2.28. The number of ether oxygens (including phenoxy) is 2. The van der Waals surface area contributed by atoms with E-state index in [-0.39, 0.29) is 12.3 Å². The second kappa shape index (κ2) is 9.92. The number of amides is 2. The molecule has 3 aromatic rings. The van der Waals surface area contributed by atoms with E-state index in [9.17, 15) is 9.59 Å². The van der Waals surface area contributed by atoms with E-state index in [1.807, 2.05) is 55.5 Å². The van der Waals surface area contributed by atoms with Crippen LogP contribution in [0.2, 0.25) is 0 Å². The monoisotopic (exact) mass is 406 g/mol. The van der Waals surface area contributed by atoms with Crippen molar-refractivity contribution in [1.29, 1.82) is 0 Å². The Hall–Kier alpha value is -4.07. The molecule has 30 heavy (non-hydrogen) atoms. The van der Waals surface area contributed by atoms with Gasteiger partial charge < -0.3 is 9.47 Å². The van der Waals surface area contributed by atoms with Crippen LogP contribution in [-0.4, -0.2) is 35.7 Å². The van der Waals surface area contributed by atoms with Crippen molar-refractivity contribution in [1.82, 2.24) is 21.0 Å². The van der Waals surface area contributed by atoms with Gasteiger partial charge in [-0.25, -0.2) is 0 Å². The maximum absolute atomic E-state index is 12.2. The normalized spacial score (nSPS) is 10.6. The Kier molecular flexibility index (Phi) is 6.83. The topological polar surface area (TPSA) is 105 Å². The summed E-state index contributed by atoms with van der Waals surface area (Å²) in [5.74, 6) is -0.112. The minimum atomic E-state index is -0.522. The summed E-state index contributed by atoms with van der Waals surface area (Å²) in [6.07, 6.45) is 3.83. The highest BCUT2D eigenvalue weighted by molar-refractivity contribution is 5.94. The van der Waals surface area contributed by atoms with Crippen LogP contribution >= 0.6 is 0 Å². The average molecular weight is 406 g/mol. The number of hydrogen-bond acceptors (Lipinski definition) is 5. The fourth-order valence-electron chi connectivity index (χ4n) is 2.67. The summed E-state index contributed by atoms with van der Waals surface area (Å²) >= 11 is 0. The molecule has 3 rings (SSSR count). The molecule has 0 saturated heterocycles. The fraction of sp³-hybridized carbons (Fsp3) is 0.136. The summed E-state index contributed by atoms with van der Waals surface area (Å²) in [5.41, 5.74) is 7.30. The van der Waals surface area contributed by atoms with E-state index < -0.39 is 11.8 Å². The van der Waals surface area contributed by atoms with Crippen LogP contribution in [0.1, 0.15) is 23.0 Å². The Morgan fingerprint density at radius 3 is 2.60 bits per heavy atom. The number of methoxy groups -OCH3 is 1. The number of allylic oxidation sites excluding steroid dienone is 1. The number of nitrogens with one attached hydrogen (secondary N) is 3. The van der Waals surface area contributed by atoms with Crippen molar-refractivity contribution in [2.24, 2.45) is 0 Å². The highest BCUT2D eigenvalue weighted by atomic mass is 16.5. The van der Waals surface area contributed by atoms with Crippen LogP contribution in [0.4, 0.5) is 0 Å². The maximum atomic E-state index is 12.2. The average Bonchev–Trinajstić information content (AvgIpc) is 3.27. The first-order chi connectivity index (χ1) is 14.6. The van der Waals surface area contributed by atoms with Crippen molar-refractivity contribution in [2.75, 3.05) is 13.7 Å². The molecule has 0 radical (unpaired) electrons. The Labute approximate surface area is 173 Å². The predicted octanol–water partition coefficient (Wildman–Crippen LogP) is 2.96. The minimum absolute atomic E-state index is 0.219. The van der Waals surface area contributed by atoms with Gasteiger partial charge in [-0.05, 0) is 30.7 Å². The summed E-state index contributed by atoms with van der Waals surface area (Å²) in [6, 6.07) is 16.4. The van der Waals surface area contributed by atoms with Crippen LogP contribution in [0.3, 0.4) is 0 Å². The van der Waals surface area contributed by atoms with Crippen LogP contribution in [0.5, 0.6) is 11.5 Å². The van der Waals surface area contributed by atoms with Gasteiger partial charge in [-0.2, -0.15) is 5.10 Å². The van der Waals surface area contributed by atoms with Crippen molar-refractivity contribution >= 4 is 17.9 Å². The van der Waals surface area contributed by atoms with Crippen LogP contribution in [-0.2, 0) is 4.79 Å². The van der Waals surface area contributed by atoms with Crippen LogP contribution < -0.4 is 20.3 Å². The number of benzene rings is 2. The number of nitrogens with zero attached hydrogens (tertiary/aromatic N) is 1. The molecule has 0 bridgehead atoms. The Morgan fingerprint density at radius 2 is 1.87 bits per heavy atom. The Balaban J connectivity index is 1.51. The molecule has 0 atom stereocenters. The lowest BCUT2D eigenvalue weighted by Gasteiger charge is -2.11. The molecule has 0 aliphatic carbocycles. The number of hydrazine groups is 1. The third kappa shape index (κ3) is 5.26. The largest absolute Gasteiger partial charge is 0.493 e. The number of hydrogen-bond donors (Lipinski definition) is 3.